The van der Waals surface area contributed by atoms with Crippen LogP contribution in [-0.4, -0.2) is 19.9 Å². The minimum Gasteiger partial charge on any atom is -0.379 e. The van der Waals surface area contributed by atoms with Crippen LogP contribution in [0.5, 0.6) is 5.75 Å². The van der Waals surface area contributed by atoms with E-state index in [0.717, 1.165) is 17.1 Å². The van der Waals surface area contributed by atoms with Gasteiger partial charge in [-0.2, -0.15) is 8.42 Å². The van der Waals surface area contributed by atoms with E-state index >= 15 is 0 Å². The molecule has 0 bridgehead atoms. The van der Waals surface area contributed by atoms with Gasteiger partial charge in [-0.25, -0.2) is 0 Å². The van der Waals surface area contributed by atoms with Gasteiger partial charge in [-0.05, 0) is 29.8 Å². The van der Waals surface area contributed by atoms with Crippen molar-refractivity contribution in [2.24, 2.45) is 0 Å². The third-order valence-corrected chi connectivity index (χ3v) is 8.49. The smallest absolute Gasteiger partial charge is 0.340 e. The highest BCUT2D eigenvalue weighted by Gasteiger charge is 2.22. The minimum atomic E-state index is -4.03. The largest absolute Gasteiger partial charge is 0.379 e. The van der Waals surface area contributed by atoms with Crippen molar-refractivity contribution in [3.05, 3.63) is 58.1 Å². The molecular weight excluding hydrogens is 395 g/mol. The van der Waals surface area contributed by atoms with Gasteiger partial charge < -0.3 is 4.18 Å². The van der Waals surface area contributed by atoms with Gasteiger partial charge in [-0.1, -0.05) is 41.4 Å². The Morgan fingerprint density at radius 3 is 2.30 bits per heavy atom. The molecule has 1 fully saturated rings. The standard InChI is InChI=1S/C15H12Cl2O3S3/c16-12-2-1-3-13(14(12)17)23(18,19)20-11-6-4-10(5-7-11)15-21-8-9-22-15/h1-7,15H,8-9H2. The van der Waals surface area contributed by atoms with Gasteiger partial charge in [-0.3, -0.25) is 0 Å². The fraction of sp³-hybridized carbons (Fsp3) is 0.200. The molecule has 0 unspecified atom stereocenters. The highest BCUT2D eigenvalue weighted by molar-refractivity contribution is 8.19. The summed E-state index contributed by atoms with van der Waals surface area (Å²) in [7, 11) is -4.03. The monoisotopic (exact) mass is 406 g/mol. The summed E-state index contributed by atoms with van der Waals surface area (Å²) in [6.07, 6.45) is 0. The molecule has 2 aromatic rings. The van der Waals surface area contributed by atoms with Crippen molar-refractivity contribution in [3.8, 4) is 5.75 Å². The summed E-state index contributed by atoms with van der Waals surface area (Å²) in [6, 6.07) is 11.5. The predicted molar refractivity (Wildman–Crippen MR) is 98.4 cm³/mol. The van der Waals surface area contributed by atoms with E-state index in [1.807, 2.05) is 35.7 Å². The van der Waals surface area contributed by atoms with Crippen molar-refractivity contribution in [1.29, 1.82) is 0 Å². The van der Waals surface area contributed by atoms with Gasteiger partial charge in [-0.15, -0.1) is 23.5 Å². The Hall–Kier alpha value is -0.530. The Morgan fingerprint density at radius 2 is 1.65 bits per heavy atom. The molecule has 0 aromatic heterocycles. The van der Waals surface area contributed by atoms with Gasteiger partial charge in [0.25, 0.3) is 0 Å². The molecule has 3 rings (SSSR count). The van der Waals surface area contributed by atoms with E-state index in [4.69, 9.17) is 27.4 Å². The zero-order chi connectivity index (χ0) is 16.4. The van der Waals surface area contributed by atoms with Crippen molar-refractivity contribution < 1.29 is 12.6 Å². The summed E-state index contributed by atoms with van der Waals surface area (Å²) in [6.45, 7) is 0. The first-order chi connectivity index (χ1) is 11.0. The lowest BCUT2D eigenvalue weighted by Gasteiger charge is -2.11. The normalized spacial score (nSPS) is 15.7. The van der Waals surface area contributed by atoms with Gasteiger partial charge in [0.2, 0.25) is 0 Å². The lowest BCUT2D eigenvalue weighted by Crippen LogP contribution is -2.10. The highest BCUT2D eigenvalue weighted by atomic mass is 35.5. The van der Waals surface area contributed by atoms with Crippen molar-refractivity contribution in [1.82, 2.24) is 0 Å². The molecule has 3 nitrogen and oxygen atoms in total. The van der Waals surface area contributed by atoms with E-state index in [0.29, 0.717) is 4.58 Å². The van der Waals surface area contributed by atoms with Crippen molar-refractivity contribution in [2.75, 3.05) is 11.5 Å². The molecule has 1 aliphatic rings. The molecule has 1 saturated heterocycles. The first-order valence-corrected chi connectivity index (χ1v) is 11.0. The maximum absolute atomic E-state index is 12.3. The number of thioether (sulfide) groups is 2. The molecule has 1 aliphatic heterocycles. The summed E-state index contributed by atoms with van der Waals surface area (Å²) in [5.74, 6) is 2.52. The van der Waals surface area contributed by atoms with Gasteiger partial charge in [0.05, 0.1) is 14.6 Å². The van der Waals surface area contributed by atoms with Crippen molar-refractivity contribution in [2.45, 2.75) is 9.48 Å². The van der Waals surface area contributed by atoms with E-state index < -0.39 is 10.1 Å². The molecule has 122 valence electrons. The summed E-state index contributed by atoms with van der Waals surface area (Å²) in [4.78, 5) is -0.141. The molecule has 0 amide bonds. The predicted octanol–water partition coefficient (Wildman–Crippen LogP) is 5.24. The fourth-order valence-corrected chi connectivity index (χ4v) is 6.61. The van der Waals surface area contributed by atoms with Crippen LogP contribution in [0.3, 0.4) is 0 Å². The van der Waals surface area contributed by atoms with E-state index in [2.05, 4.69) is 0 Å². The Morgan fingerprint density at radius 1 is 1.00 bits per heavy atom. The molecular formula is C15H12Cl2O3S3. The zero-order valence-corrected chi connectivity index (χ0v) is 15.7. The molecule has 0 N–H and O–H groups in total. The average Bonchev–Trinajstić information content (AvgIpc) is 3.04. The summed E-state index contributed by atoms with van der Waals surface area (Å²) >= 11 is 15.6. The Labute approximate surface area is 153 Å². The average molecular weight is 407 g/mol. The number of benzene rings is 2. The number of hydrogen-bond donors (Lipinski definition) is 0. The lowest BCUT2D eigenvalue weighted by molar-refractivity contribution is 0.486. The SMILES string of the molecule is O=S(=O)(Oc1ccc(C2SCCS2)cc1)c1cccc(Cl)c1Cl. The second-order valence-corrected chi connectivity index (χ2v) is 9.76. The molecule has 0 atom stereocenters. The molecule has 1 heterocycles. The van der Waals surface area contributed by atoms with E-state index in [-0.39, 0.29) is 20.7 Å². The van der Waals surface area contributed by atoms with Crippen LogP contribution in [0.2, 0.25) is 10.0 Å². The second kappa shape index (κ2) is 7.15. The Balaban J connectivity index is 1.81. The molecule has 0 radical (unpaired) electrons. The summed E-state index contributed by atoms with van der Waals surface area (Å²) < 4.78 is 30.2. The van der Waals surface area contributed by atoms with Crippen LogP contribution in [0, 0.1) is 0 Å². The third kappa shape index (κ3) is 3.94. The van der Waals surface area contributed by atoms with Crippen LogP contribution in [0.1, 0.15) is 10.1 Å². The van der Waals surface area contributed by atoms with Gasteiger partial charge in [0.15, 0.2) is 0 Å². The van der Waals surface area contributed by atoms with Crippen LogP contribution >= 0.6 is 46.7 Å². The number of hydrogen-bond acceptors (Lipinski definition) is 5. The molecule has 8 heteroatoms. The molecule has 0 spiro atoms. The lowest BCUT2D eigenvalue weighted by atomic mass is 10.2. The van der Waals surface area contributed by atoms with Gasteiger partial charge in [0, 0.05) is 11.5 Å². The summed E-state index contributed by atoms with van der Waals surface area (Å²) in [5, 5.41) is 0.131. The van der Waals surface area contributed by atoms with Crippen LogP contribution in [0.15, 0.2) is 47.4 Å². The topological polar surface area (TPSA) is 43.4 Å². The molecule has 0 aliphatic carbocycles. The zero-order valence-electron chi connectivity index (χ0n) is 11.7. The van der Waals surface area contributed by atoms with Crippen LogP contribution in [0.4, 0.5) is 0 Å². The van der Waals surface area contributed by atoms with Crippen molar-refractivity contribution >= 4 is 56.8 Å². The van der Waals surface area contributed by atoms with Crippen LogP contribution < -0.4 is 4.18 Å². The quantitative estimate of drug-likeness (QED) is 0.649. The Bertz CT molecular complexity index is 801. The molecule has 0 saturated carbocycles. The van der Waals surface area contributed by atoms with E-state index in [1.165, 1.54) is 18.2 Å². The van der Waals surface area contributed by atoms with Crippen molar-refractivity contribution in [3.63, 3.8) is 0 Å². The first-order valence-electron chi connectivity index (χ1n) is 6.69. The second-order valence-electron chi connectivity index (χ2n) is 4.73. The fourth-order valence-electron chi connectivity index (χ4n) is 2.08. The van der Waals surface area contributed by atoms with E-state index in [1.54, 1.807) is 12.1 Å². The number of halogens is 2. The van der Waals surface area contributed by atoms with Gasteiger partial charge in [0.1, 0.15) is 10.6 Å². The highest BCUT2D eigenvalue weighted by Crippen LogP contribution is 2.45. The minimum absolute atomic E-state index is 0.0375. The number of rotatable bonds is 4. The maximum atomic E-state index is 12.3. The Kier molecular flexibility index (Phi) is 5.38. The first kappa shape index (κ1) is 17.3. The van der Waals surface area contributed by atoms with Crippen LogP contribution in [0.25, 0.3) is 0 Å². The van der Waals surface area contributed by atoms with Crippen LogP contribution in [-0.2, 0) is 10.1 Å². The molecule has 2 aromatic carbocycles. The summed E-state index contributed by atoms with van der Waals surface area (Å²) in [5.41, 5.74) is 1.16. The molecule has 23 heavy (non-hydrogen) atoms. The maximum Gasteiger partial charge on any atom is 0.340 e. The third-order valence-electron chi connectivity index (χ3n) is 3.17. The van der Waals surface area contributed by atoms with E-state index in [9.17, 15) is 8.42 Å². The van der Waals surface area contributed by atoms with Gasteiger partial charge >= 0.3 is 10.1 Å².